The van der Waals surface area contributed by atoms with E-state index in [1.165, 1.54) is 14.2 Å². The van der Waals surface area contributed by atoms with E-state index in [9.17, 15) is 4.79 Å². The summed E-state index contributed by atoms with van der Waals surface area (Å²) >= 11 is 0. The van der Waals surface area contributed by atoms with Gasteiger partial charge in [-0.25, -0.2) is 0 Å². The molecule has 0 amide bonds. The van der Waals surface area contributed by atoms with E-state index in [1.807, 2.05) is 0 Å². The monoisotopic (exact) mass is 258 g/mol. The Morgan fingerprint density at radius 2 is 1.89 bits per heavy atom. The zero-order valence-corrected chi connectivity index (χ0v) is 11.1. The Kier molecular flexibility index (Phi) is 4.72. The van der Waals surface area contributed by atoms with Crippen molar-refractivity contribution in [2.75, 3.05) is 34.0 Å². The van der Waals surface area contributed by atoms with Gasteiger partial charge in [0.15, 0.2) is 5.78 Å². The second kappa shape index (κ2) is 6.10. The van der Waals surface area contributed by atoms with E-state index in [1.54, 1.807) is 0 Å². The number of carbonyl (C=O) groups is 1. The normalized spacial score (nSPS) is 27.6. The first-order chi connectivity index (χ1) is 8.71. The summed E-state index contributed by atoms with van der Waals surface area (Å²) in [6.45, 7) is 2.08. The van der Waals surface area contributed by atoms with Crippen LogP contribution in [0.25, 0.3) is 0 Å². The maximum Gasteiger partial charge on any atom is 0.217 e. The number of ether oxygens (including phenoxy) is 4. The van der Waals surface area contributed by atoms with Crippen molar-refractivity contribution < 1.29 is 23.7 Å². The summed E-state index contributed by atoms with van der Waals surface area (Å²) in [4.78, 5) is 12.2. The van der Waals surface area contributed by atoms with Gasteiger partial charge in [-0.15, -0.1) is 0 Å². The van der Waals surface area contributed by atoms with Crippen molar-refractivity contribution >= 4 is 5.78 Å². The van der Waals surface area contributed by atoms with Crippen molar-refractivity contribution in [3.05, 3.63) is 0 Å². The third-order valence-electron chi connectivity index (χ3n) is 3.96. The summed E-state index contributed by atoms with van der Waals surface area (Å²) in [6.07, 6.45) is 2.52. The van der Waals surface area contributed by atoms with Gasteiger partial charge in [-0.2, -0.15) is 0 Å². The molecule has 0 saturated carbocycles. The molecule has 2 saturated heterocycles. The molecule has 0 aromatic heterocycles. The largest absolute Gasteiger partial charge is 0.381 e. The van der Waals surface area contributed by atoms with Gasteiger partial charge in [0.2, 0.25) is 6.29 Å². The van der Waals surface area contributed by atoms with Crippen molar-refractivity contribution in [1.29, 1.82) is 0 Å². The smallest absolute Gasteiger partial charge is 0.217 e. The highest BCUT2D eigenvalue weighted by Crippen LogP contribution is 2.37. The van der Waals surface area contributed by atoms with Crippen molar-refractivity contribution in [1.82, 2.24) is 0 Å². The summed E-state index contributed by atoms with van der Waals surface area (Å²) in [5.74, 6) is 0.0101. The van der Waals surface area contributed by atoms with E-state index in [0.717, 1.165) is 38.9 Å². The first kappa shape index (κ1) is 13.9. The average Bonchev–Trinajstić information content (AvgIpc) is 2.41. The number of hydrogen-bond acceptors (Lipinski definition) is 5. The molecule has 104 valence electrons. The van der Waals surface area contributed by atoms with Crippen LogP contribution in [-0.2, 0) is 23.7 Å². The number of ketones is 1. The lowest BCUT2D eigenvalue weighted by Gasteiger charge is -2.43. The van der Waals surface area contributed by atoms with Crippen LogP contribution in [0.3, 0.4) is 0 Å². The van der Waals surface area contributed by atoms with Crippen molar-refractivity contribution in [3.8, 4) is 0 Å². The fourth-order valence-corrected chi connectivity index (χ4v) is 2.88. The summed E-state index contributed by atoms with van der Waals surface area (Å²) in [6, 6.07) is 0. The fourth-order valence-electron chi connectivity index (χ4n) is 2.88. The molecule has 0 radical (unpaired) electrons. The van der Waals surface area contributed by atoms with Crippen molar-refractivity contribution in [3.63, 3.8) is 0 Å². The van der Waals surface area contributed by atoms with Crippen LogP contribution in [0.4, 0.5) is 0 Å². The van der Waals surface area contributed by atoms with Crippen LogP contribution < -0.4 is 0 Å². The molecule has 0 aromatic rings. The van der Waals surface area contributed by atoms with E-state index in [2.05, 4.69) is 0 Å². The van der Waals surface area contributed by atoms with Crippen LogP contribution in [0.5, 0.6) is 0 Å². The summed E-state index contributed by atoms with van der Waals surface area (Å²) in [5, 5.41) is 0. The third-order valence-corrected chi connectivity index (χ3v) is 3.96. The van der Waals surface area contributed by atoms with Gasteiger partial charge in [0, 0.05) is 40.0 Å². The Hall–Kier alpha value is -0.490. The van der Waals surface area contributed by atoms with E-state index in [-0.39, 0.29) is 17.3 Å². The standard InChI is InChI=1S/C13H22O5/c1-15-12(16-2)11(14)10-3-6-18-13(9-10)4-7-17-8-5-13/h10,12H,3-9H2,1-2H3. The third kappa shape index (κ3) is 2.91. The van der Waals surface area contributed by atoms with Crippen molar-refractivity contribution in [2.24, 2.45) is 5.92 Å². The zero-order valence-electron chi connectivity index (χ0n) is 11.1. The number of rotatable bonds is 4. The van der Waals surface area contributed by atoms with Gasteiger partial charge >= 0.3 is 0 Å². The number of carbonyl (C=O) groups excluding carboxylic acids is 1. The van der Waals surface area contributed by atoms with Crippen LogP contribution in [0, 0.1) is 5.92 Å². The lowest BCUT2D eigenvalue weighted by atomic mass is 9.79. The van der Waals surface area contributed by atoms with Crippen LogP contribution in [0.1, 0.15) is 25.7 Å². The highest BCUT2D eigenvalue weighted by atomic mass is 16.7. The first-order valence-corrected chi connectivity index (χ1v) is 6.52. The van der Waals surface area contributed by atoms with Gasteiger partial charge in [-0.1, -0.05) is 0 Å². The van der Waals surface area contributed by atoms with Gasteiger partial charge in [-0.05, 0) is 25.7 Å². The Morgan fingerprint density at radius 1 is 1.22 bits per heavy atom. The van der Waals surface area contributed by atoms with E-state index >= 15 is 0 Å². The molecule has 0 N–H and O–H groups in total. The molecule has 18 heavy (non-hydrogen) atoms. The second-order valence-electron chi connectivity index (χ2n) is 5.04. The Balaban J connectivity index is 1.99. The first-order valence-electron chi connectivity index (χ1n) is 6.52. The molecule has 5 heteroatoms. The molecule has 0 bridgehead atoms. The average molecular weight is 258 g/mol. The molecule has 1 atom stereocenters. The predicted molar refractivity (Wildman–Crippen MR) is 64.3 cm³/mol. The van der Waals surface area contributed by atoms with Gasteiger partial charge in [0.25, 0.3) is 0 Å². The molecule has 2 aliphatic heterocycles. The van der Waals surface area contributed by atoms with Gasteiger partial charge in [-0.3, -0.25) is 4.79 Å². The molecule has 5 nitrogen and oxygen atoms in total. The van der Waals surface area contributed by atoms with Crippen LogP contribution in [0.2, 0.25) is 0 Å². The van der Waals surface area contributed by atoms with E-state index < -0.39 is 6.29 Å². The van der Waals surface area contributed by atoms with Crippen LogP contribution >= 0.6 is 0 Å². The van der Waals surface area contributed by atoms with Gasteiger partial charge < -0.3 is 18.9 Å². The molecule has 0 aliphatic carbocycles. The highest BCUT2D eigenvalue weighted by molar-refractivity contribution is 5.84. The van der Waals surface area contributed by atoms with Crippen LogP contribution in [-0.4, -0.2) is 51.7 Å². The second-order valence-corrected chi connectivity index (χ2v) is 5.04. The number of methoxy groups -OCH3 is 2. The number of Topliss-reactive ketones (excluding diaryl/α,β-unsaturated/α-hetero) is 1. The SMILES string of the molecule is COC(OC)C(=O)C1CCOC2(CCOCC2)C1. The molecule has 0 aromatic carbocycles. The fraction of sp³-hybridized carbons (Fsp3) is 0.923. The molecule has 2 aliphatic rings. The molecular weight excluding hydrogens is 236 g/mol. The minimum Gasteiger partial charge on any atom is -0.381 e. The van der Waals surface area contributed by atoms with Gasteiger partial charge in [0.05, 0.1) is 5.60 Å². The lowest BCUT2D eigenvalue weighted by Crippen LogP contribution is -2.47. The summed E-state index contributed by atoms with van der Waals surface area (Å²) in [7, 11) is 2.99. The summed E-state index contributed by atoms with van der Waals surface area (Å²) < 4.78 is 21.4. The Labute approximate surface area is 108 Å². The lowest BCUT2D eigenvalue weighted by molar-refractivity contribution is -0.178. The predicted octanol–water partition coefficient (Wildman–Crippen LogP) is 1.15. The van der Waals surface area contributed by atoms with E-state index in [4.69, 9.17) is 18.9 Å². The highest BCUT2D eigenvalue weighted by Gasteiger charge is 2.42. The topological polar surface area (TPSA) is 54.0 Å². The van der Waals surface area contributed by atoms with Crippen molar-refractivity contribution in [2.45, 2.75) is 37.6 Å². The molecular formula is C13H22O5. The van der Waals surface area contributed by atoms with E-state index in [0.29, 0.717) is 6.61 Å². The van der Waals surface area contributed by atoms with Gasteiger partial charge in [0.1, 0.15) is 0 Å². The zero-order chi connectivity index (χ0) is 13.0. The molecule has 1 unspecified atom stereocenters. The molecule has 2 fully saturated rings. The minimum atomic E-state index is -0.745. The maximum absolute atomic E-state index is 12.2. The summed E-state index contributed by atoms with van der Waals surface area (Å²) in [5.41, 5.74) is -0.164. The molecule has 1 spiro atoms. The maximum atomic E-state index is 12.2. The molecule has 2 rings (SSSR count). The van der Waals surface area contributed by atoms with Crippen LogP contribution in [0.15, 0.2) is 0 Å². The minimum absolute atomic E-state index is 0.0262. The quantitative estimate of drug-likeness (QED) is 0.708. The Bertz CT molecular complexity index is 276. The molecule has 2 heterocycles. The number of hydrogen-bond donors (Lipinski definition) is 0. The Morgan fingerprint density at radius 3 is 2.50 bits per heavy atom.